The Morgan fingerprint density at radius 1 is 1.00 bits per heavy atom. The quantitative estimate of drug-likeness (QED) is 0.243. The Bertz CT molecular complexity index is 1280. The largest absolute Gasteiger partial charge is 0.493 e. The Morgan fingerprint density at radius 2 is 1.75 bits per heavy atom. The van der Waals surface area contributed by atoms with E-state index in [1.165, 1.54) is 18.2 Å². The molecule has 0 bridgehead atoms. The minimum atomic E-state index is 0.0702. The number of rotatable bonds is 7. The van der Waals surface area contributed by atoms with Gasteiger partial charge in [0.2, 0.25) is 0 Å². The monoisotopic (exact) mass is 498 g/mol. The van der Waals surface area contributed by atoms with Gasteiger partial charge in [0.05, 0.1) is 17.2 Å². The second-order valence-corrected chi connectivity index (χ2v) is 10.8. The van der Waals surface area contributed by atoms with Crippen LogP contribution in [0.4, 0.5) is 5.69 Å². The summed E-state index contributed by atoms with van der Waals surface area (Å²) in [4.78, 5) is 21.5. The molecule has 3 aromatic rings. The molecule has 1 aliphatic heterocycles. The molecule has 2 atom stereocenters. The van der Waals surface area contributed by atoms with E-state index in [2.05, 4.69) is 32.0 Å². The molecule has 1 aliphatic carbocycles. The first-order chi connectivity index (χ1) is 17.7. The minimum absolute atomic E-state index is 0.0702. The van der Waals surface area contributed by atoms with Gasteiger partial charge in [0.25, 0.3) is 5.91 Å². The average molecular weight is 499 g/mol. The maximum atomic E-state index is 13.9. The van der Waals surface area contributed by atoms with Gasteiger partial charge in [0, 0.05) is 11.4 Å². The van der Waals surface area contributed by atoms with Crippen LogP contribution in [0.15, 0.2) is 76.6 Å². The molecule has 2 fully saturated rings. The predicted molar refractivity (Wildman–Crippen MR) is 152 cm³/mol. The van der Waals surface area contributed by atoms with Crippen LogP contribution >= 0.6 is 11.8 Å². The predicted octanol–water partition coefficient (Wildman–Crippen LogP) is 8.20. The molecule has 5 heteroatoms. The third kappa shape index (κ3) is 5.22. The Balaban J connectivity index is 1.53. The lowest BCUT2D eigenvalue weighted by atomic mass is 9.85. The molecule has 0 unspecified atom stereocenters. The number of unbranched alkanes of at least 4 members (excludes halogenated alkanes) is 1. The molecule has 4 nitrogen and oxygen atoms in total. The third-order valence-electron chi connectivity index (χ3n) is 7.18. The van der Waals surface area contributed by atoms with Crippen molar-refractivity contribution in [2.45, 2.75) is 58.4 Å². The summed E-state index contributed by atoms with van der Waals surface area (Å²) < 4.78 is 6.08. The molecule has 1 saturated heterocycles. The zero-order valence-electron chi connectivity index (χ0n) is 21.2. The van der Waals surface area contributed by atoms with Crippen LogP contribution in [0.3, 0.4) is 0 Å². The molecule has 0 aromatic heterocycles. The highest BCUT2D eigenvalue weighted by molar-refractivity contribution is 8.18. The lowest BCUT2D eigenvalue weighted by molar-refractivity contribution is -0.124. The van der Waals surface area contributed by atoms with E-state index in [1.54, 1.807) is 0 Å². The second kappa shape index (κ2) is 11.3. The highest BCUT2D eigenvalue weighted by Crippen LogP contribution is 2.41. The van der Waals surface area contributed by atoms with E-state index in [4.69, 9.17) is 9.73 Å². The van der Waals surface area contributed by atoms with Gasteiger partial charge in [0.1, 0.15) is 5.75 Å². The van der Waals surface area contributed by atoms with Gasteiger partial charge in [-0.05, 0) is 72.2 Å². The zero-order chi connectivity index (χ0) is 24.9. The summed E-state index contributed by atoms with van der Waals surface area (Å²) in [6, 6.07) is 22.5. The molecule has 1 saturated carbocycles. The summed E-state index contributed by atoms with van der Waals surface area (Å²) in [6.07, 6.45) is 8.75. The van der Waals surface area contributed by atoms with Gasteiger partial charge in [-0.25, -0.2) is 4.99 Å². The Kier molecular flexibility index (Phi) is 7.76. The van der Waals surface area contributed by atoms with Crippen molar-refractivity contribution >= 4 is 45.4 Å². The van der Waals surface area contributed by atoms with E-state index in [-0.39, 0.29) is 11.9 Å². The number of para-hydroxylation sites is 1. The molecule has 2 aliphatic rings. The van der Waals surface area contributed by atoms with Crippen molar-refractivity contribution in [1.82, 2.24) is 4.90 Å². The van der Waals surface area contributed by atoms with Crippen molar-refractivity contribution in [2.24, 2.45) is 10.9 Å². The first kappa shape index (κ1) is 24.6. The molecule has 1 amide bonds. The summed E-state index contributed by atoms with van der Waals surface area (Å²) in [5.74, 6) is 1.43. The standard InChI is InChI=1S/C31H34N2O2S/c1-3-4-20-35-28-19-18-23(25-15-9-10-16-26(25)28)21-29-30(34)33(27-17-11-8-12-22(27)2)31(36-29)32-24-13-6-5-7-14-24/h5-7,9-10,13-16,18-19,21-22,27H,3-4,8,11-12,17,20H2,1-2H3/b29-21-,32-31?/t22-,27-/m1/s1. The van der Waals surface area contributed by atoms with Crippen LogP contribution in [-0.4, -0.2) is 28.6 Å². The Morgan fingerprint density at radius 3 is 2.53 bits per heavy atom. The second-order valence-electron chi connectivity index (χ2n) is 9.75. The average Bonchev–Trinajstić information content (AvgIpc) is 3.20. The molecule has 1 heterocycles. The fourth-order valence-corrected chi connectivity index (χ4v) is 6.20. The normalized spacial score (nSPS) is 22.6. The van der Waals surface area contributed by atoms with Crippen LogP contribution in [0, 0.1) is 5.92 Å². The topological polar surface area (TPSA) is 41.9 Å². The number of thioether (sulfide) groups is 1. The van der Waals surface area contributed by atoms with E-state index < -0.39 is 0 Å². The van der Waals surface area contributed by atoms with Crippen molar-refractivity contribution in [2.75, 3.05) is 6.61 Å². The maximum absolute atomic E-state index is 13.9. The van der Waals surface area contributed by atoms with Crippen molar-refractivity contribution < 1.29 is 9.53 Å². The number of ether oxygens (including phenoxy) is 1. The molecule has 3 aromatic carbocycles. The lowest BCUT2D eigenvalue weighted by Gasteiger charge is -2.35. The van der Waals surface area contributed by atoms with Crippen molar-refractivity contribution in [3.05, 3.63) is 77.2 Å². The van der Waals surface area contributed by atoms with Gasteiger partial charge in [-0.15, -0.1) is 0 Å². The van der Waals surface area contributed by atoms with Crippen LogP contribution in [-0.2, 0) is 4.79 Å². The highest BCUT2D eigenvalue weighted by Gasteiger charge is 2.41. The molecule has 0 radical (unpaired) electrons. The summed E-state index contributed by atoms with van der Waals surface area (Å²) in [5.41, 5.74) is 1.91. The number of benzene rings is 3. The van der Waals surface area contributed by atoms with Crippen molar-refractivity contribution in [3.63, 3.8) is 0 Å². The maximum Gasteiger partial charge on any atom is 0.267 e. The van der Waals surface area contributed by atoms with E-state index in [9.17, 15) is 4.79 Å². The van der Waals surface area contributed by atoms with E-state index in [0.717, 1.165) is 69.9 Å². The van der Waals surface area contributed by atoms with Gasteiger partial charge in [-0.2, -0.15) is 0 Å². The molecule has 0 N–H and O–H groups in total. The molecular weight excluding hydrogens is 464 g/mol. The Hall–Kier alpha value is -3.05. The molecule has 5 rings (SSSR count). The molecule has 186 valence electrons. The number of nitrogens with zero attached hydrogens (tertiary/aromatic N) is 2. The van der Waals surface area contributed by atoms with Gasteiger partial charge in [0.15, 0.2) is 5.17 Å². The molecule has 36 heavy (non-hydrogen) atoms. The van der Waals surface area contributed by atoms with E-state index in [0.29, 0.717) is 12.5 Å². The van der Waals surface area contributed by atoms with Crippen LogP contribution in [0.5, 0.6) is 5.75 Å². The van der Waals surface area contributed by atoms with E-state index in [1.807, 2.05) is 59.5 Å². The number of hydrogen-bond acceptors (Lipinski definition) is 4. The van der Waals surface area contributed by atoms with Crippen molar-refractivity contribution in [1.29, 1.82) is 0 Å². The van der Waals surface area contributed by atoms with Crippen LogP contribution < -0.4 is 4.74 Å². The first-order valence-corrected chi connectivity index (χ1v) is 14.0. The van der Waals surface area contributed by atoms with Gasteiger partial charge in [-0.3, -0.25) is 9.69 Å². The van der Waals surface area contributed by atoms with Gasteiger partial charge < -0.3 is 4.74 Å². The van der Waals surface area contributed by atoms with Gasteiger partial charge >= 0.3 is 0 Å². The Labute approximate surface area is 218 Å². The lowest BCUT2D eigenvalue weighted by Crippen LogP contribution is -2.44. The summed E-state index contributed by atoms with van der Waals surface area (Å²) in [6.45, 7) is 5.15. The number of amidine groups is 1. The van der Waals surface area contributed by atoms with Gasteiger partial charge in [-0.1, -0.05) is 81.6 Å². The highest BCUT2D eigenvalue weighted by atomic mass is 32.2. The van der Waals surface area contributed by atoms with Crippen LogP contribution in [0.1, 0.15) is 57.9 Å². The smallest absolute Gasteiger partial charge is 0.267 e. The first-order valence-electron chi connectivity index (χ1n) is 13.2. The number of carbonyl (C=O) groups excluding carboxylic acids is 1. The fourth-order valence-electron chi connectivity index (χ4n) is 5.16. The summed E-state index contributed by atoms with van der Waals surface area (Å²) in [7, 11) is 0. The number of aliphatic imine (C=N–C) groups is 1. The number of hydrogen-bond donors (Lipinski definition) is 0. The van der Waals surface area contributed by atoms with Crippen molar-refractivity contribution in [3.8, 4) is 5.75 Å². The molecular formula is C31H34N2O2S. The van der Waals surface area contributed by atoms with Crippen LogP contribution in [0.25, 0.3) is 16.8 Å². The summed E-state index contributed by atoms with van der Waals surface area (Å²) in [5, 5.41) is 2.97. The molecule has 0 spiro atoms. The number of fused-ring (bicyclic) bond motifs is 1. The summed E-state index contributed by atoms with van der Waals surface area (Å²) >= 11 is 1.50. The SMILES string of the molecule is CCCCOc1ccc(/C=C2\SC(=Nc3ccccc3)N([C@@H]3CCCC[C@H]3C)C2=O)c2ccccc12. The number of carbonyl (C=O) groups is 1. The van der Waals surface area contributed by atoms with E-state index >= 15 is 0 Å². The number of amides is 1. The minimum Gasteiger partial charge on any atom is -0.493 e. The van der Waals surface area contributed by atoms with Crippen LogP contribution in [0.2, 0.25) is 0 Å². The fraction of sp³-hybridized carbons (Fsp3) is 0.355. The third-order valence-corrected chi connectivity index (χ3v) is 8.16. The zero-order valence-corrected chi connectivity index (χ0v) is 22.0.